The number of amides is 3. The Morgan fingerprint density at radius 3 is 2.27 bits per heavy atom. The van der Waals surface area contributed by atoms with Crippen LogP contribution in [0.3, 0.4) is 0 Å². The number of carbonyl (C=O) groups is 4. The molecule has 0 spiro atoms. The minimum Gasteiger partial charge on any atom is -0.455 e. The second-order valence-electron chi connectivity index (χ2n) is 6.65. The van der Waals surface area contributed by atoms with Gasteiger partial charge in [0.05, 0.1) is 5.56 Å². The summed E-state index contributed by atoms with van der Waals surface area (Å²) in [5, 5.41) is 2.32. The Labute approximate surface area is 195 Å². The standard InChI is InChI=1S/C21H19BrF3N3O5/c22-15-9-7-13(8-10-15)20(32)28-27-18(30)12-33-19(31)6-2-5-17(29)26-16-4-1-3-14(11-16)21(23,24)25/h1,3-4,7-11H,2,5-6,12H2,(H,26,29)(H,27,30)(H,28,32). The number of hydrogen-bond donors (Lipinski definition) is 3. The lowest BCUT2D eigenvalue weighted by Crippen LogP contribution is -2.43. The van der Waals surface area contributed by atoms with Crippen LogP contribution < -0.4 is 16.2 Å². The molecule has 0 aromatic heterocycles. The zero-order valence-electron chi connectivity index (χ0n) is 17.0. The summed E-state index contributed by atoms with van der Waals surface area (Å²) in [6, 6.07) is 10.5. The monoisotopic (exact) mass is 529 g/mol. The van der Waals surface area contributed by atoms with Gasteiger partial charge in [-0.1, -0.05) is 22.0 Å². The summed E-state index contributed by atoms with van der Waals surface area (Å²) in [7, 11) is 0. The fourth-order valence-electron chi connectivity index (χ4n) is 2.44. The predicted molar refractivity (Wildman–Crippen MR) is 115 cm³/mol. The minimum absolute atomic E-state index is 0.0146. The van der Waals surface area contributed by atoms with Crippen molar-refractivity contribution in [2.75, 3.05) is 11.9 Å². The van der Waals surface area contributed by atoms with Crippen LogP contribution in [0.2, 0.25) is 0 Å². The van der Waals surface area contributed by atoms with E-state index in [4.69, 9.17) is 4.74 Å². The normalized spacial score (nSPS) is 10.8. The van der Waals surface area contributed by atoms with Gasteiger partial charge >= 0.3 is 12.1 Å². The molecule has 0 bridgehead atoms. The number of halogens is 4. The van der Waals surface area contributed by atoms with Crippen molar-refractivity contribution in [2.45, 2.75) is 25.4 Å². The molecule has 12 heteroatoms. The highest BCUT2D eigenvalue weighted by atomic mass is 79.9. The molecule has 3 N–H and O–H groups in total. The highest BCUT2D eigenvalue weighted by molar-refractivity contribution is 9.10. The second-order valence-corrected chi connectivity index (χ2v) is 7.57. The Hall–Kier alpha value is -3.41. The van der Waals surface area contributed by atoms with Crippen LogP contribution in [0.15, 0.2) is 53.0 Å². The Morgan fingerprint density at radius 2 is 1.61 bits per heavy atom. The zero-order chi connectivity index (χ0) is 24.4. The summed E-state index contributed by atoms with van der Waals surface area (Å²) >= 11 is 3.23. The highest BCUT2D eigenvalue weighted by Gasteiger charge is 2.30. The van der Waals surface area contributed by atoms with Gasteiger partial charge in [0.1, 0.15) is 0 Å². The lowest BCUT2D eigenvalue weighted by atomic mass is 10.2. The lowest BCUT2D eigenvalue weighted by Gasteiger charge is -2.10. The first-order valence-corrected chi connectivity index (χ1v) is 10.3. The number of ether oxygens (including phenoxy) is 1. The maximum absolute atomic E-state index is 12.7. The largest absolute Gasteiger partial charge is 0.455 e. The number of anilines is 1. The third-order valence-electron chi connectivity index (χ3n) is 4.04. The number of hydrogen-bond acceptors (Lipinski definition) is 5. The van der Waals surface area contributed by atoms with Crippen molar-refractivity contribution in [1.29, 1.82) is 0 Å². The van der Waals surface area contributed by atoms with Gasteiger partial charge in [0.15, 0.2) is 6.61 Å². The molecular formula is C21H19BrF3N3O5. The van der Waals surface area contributed by atoms with E-state index in [1.54, 1.807) is 12.1 Å². The Balaban J connectivity index is 1.63. The van der Waals surface area contributed by atoms with E-state index in [0.29, 0.717) is 5.56 Å². The van der Waals surface area contributed by atoms with Gasteiger partial charge in [-0.3, -0.25) is 30.0 Å². The van der Waals surface area contributed by atoms with E-state index in [9.17, 15) is 32.3 Å². The van der Waals surface area contributed by atoms with Crippen molar-refractivity contribution in [2.24, 2.45) is 0 Å². The molecule has 0 saturated heterocycles. The van der Waals surface area contributed by atoms with Crippen LogP contribution in [-0.4, -0.2) is 30.3 Å². The molecule has 3 amide bonds. The third-order valence-corrected chi connectivity index (χ3v) is 4.57. The summed E-state index contributed by atoms with van der Waals surface area (Å²) in [6.45, 7) is -0.643. The molecule has 0 aliphatic heterocycles. The van der Waals surface area contributed by atoms with Crippen molar-refractivity contribution < 1.29 is 37.1 Å². The lowest BCUT2D eigenvalue weighted by molar-refractivity contribution is -0.148. The predicted octanol–water partition coefficient (Wildman–Crippen LogP) is 3.58. The second kappa shape index (κ2) is 12.0. The molecule has 2 aromatic rings. The van der Waals surface area contributed by atoms with Gasteiger partial charge in [0, 0.05) is 28.6 Å². The number of carbonyl (C=O) groups excluding carboxylic acids is 4. The summed E-state index contributed by atoms with van der Waals surface area (Å²) in [4.78, 5) is 47.1. The molecule has 2 rings (SSSR count). The van der Waals surface area contributed by atoms with Crippen LogP contribution in [0.1, 0.15) is 35.2 Å². The van der Waals surface area contributed by atoms with Crippen molar-refractivity contribution >= 4 is 45.3 Å². The maximum Gasteiger partial charge on any atom is 0.416 e. The van der Waals surface area contributed by atoms with Gasteiger partial charge in [0.2, 0.25) is 5.91 Å². The number of nitrogens with one attached hydrogen (secondary N) is 3. The van der Waals surface area contributed by atoms with Gasteiger partial charge in [0.25, 0.3) is 11.8 Å². The number of rotatable bonds is 8. The zero-order valence-corrected chi connectivity index (χ0v) is 18.6. The summed E-state index contributed by atoms with van der Waals surface area (Å²) in [6.07, 6.45) is -4.79. The maximum atomic E-state index is 12.7. The van der Waals surface area contributed by atoms with Crippen LogP contribution in [0, 0.1) is 0 Å². The molecule has 0 heterocycles. The average molecular weight is 530 g/mol. The number of esters is 1. The van der Waals surface area contributed by atoms with E-state index in [-0.39, 0.29) is 24.9 Å². The van der Waals surface area contributed by atoms with E-state index in [1.165, 1.54) is 24.3 Å². The fourth-order valence-corrected chi connectivity index (χ4v) is 2.71. The van der Waals surface area contributed by atoms with Crippen molar-refractivity contribution in [3.8, 4) is 0 Å². The van der Waals surface area contributed by atoms with Gasteiger partial charge in [-0.2, -0.15) is 13.2 Å². The number of hydrazine groups is 1. The minimum atomic E-state index is -4.53. The van der Waals surface area contributed by atoms with Crippen molar-refractivity contribution in [1.82, 2.24) is 10.9 Å². The van der Waals surface area contributed by atoms with E-state index < -0.39 is 42.0 Å². The molecule has 0 unspecified atom stereocenters. The van der Waals surface area contributed by atoms with Crippen LogP contribution in [0.25, 0.3) is 0 Å². The molecule has 0 aliphatic carbocycles. The summed E-state index contributed by atoms with van der Waals surface area (Å²) in [5.74, 6) is -2.66. The first-order valence-electron chi connectivity index (χ1n) is 9.52. The Kier molecular flexibility index (Phi) is 9.40. The molecule has 2 aromatic carbocycles. The molecule has 0 aliphatic rings. The van der Waals surface area contributed by atoms with E-state index in [2.05, 4.69) is 32.1 Å². The summed E-state index contributed by atoms with van der Waals surface area (Å²) in [5.41, 5.74) is 3.66. The number of benzene rings is 2. The molecule has 0 saturated carbocycles. The Morgan fingerprint density at radius 1 is 0.909 bits per heavy atom. The fraction of sp³-hybridized carbons (Fsp3) is 0.238. The molecule has 33 heavy (non-hydrogen) atoms. The van der Waals surface area contributed by atoms with E-state index in [1.807, 2.05) is 0 Å². The first-order chi connectivity index (χ1) is 15.5. The van der Waals surface area contributed by atoms with Crippen LogP contribution in [0.5, 0.6) is 0 Å². The quantitative estimate of drug-likeness (QED) is 0.357. The summed E-state index contributed by atoms with van der Waals surface area (Å²) < 4.78 is 43.6. The van der Waals surface area contributed by atoms with Crippen LogP contribution in [-0.2, 0) is 25.3 Å². The van der Waals surface area contributed by atoms with Crippen molar-refractivity contribution in [3.63, 3.8) is 0 Å². The first kappa shape index (κ1) is 25.8. The Bertz CT molecular complexity index is 1010. The molecule has 0 atom stereocenters. The van der Waals surface area contributed by atoms with Crippen molar-refractivity contribution in [3.05, 3.63) is 64.1 Å². The van der Waals surface area contributed by atoms with Crippen LogP contribution in [0.4, 0.5) is 18.9 Å². The third kappa shape index (κ3) is 9.31. The van der Waals surface area contributed by atoms with Gasteiger partial charge in [-0.05, 0) is 48.9 Å². The molecule has 0 fully saturated rings. The highest BCUT2D eigenvalue weighted by Crippen LogP contribution is 2.30. The molecule has 8 nitrogen and oxygen atoms in total. The van der Waals surface area contributed by atoms with Gasteiger partial charge in [-0.25, -0.2) is 0 Å². The molecular weight excluding hydrogens is 511 g/mol. The smallest absolute Gasteiger partial charge is 0.416 e. The molecule has 176 valence electrons. The van der Waals surface area contributed by atoms with E-state index >= 15 is 0 Å². The van der Waals surface area contributed by atoms with E-state index in [0.717, 1.165) is 16.6 Å². The number of alkyl halides is 3. The SMILES string of the molecule is O=C(COC(=O)CCCC(=O)Nc1cccc(C(F)(F)F)c1)NNC(=O)c1ccc(Br)cc1. The van der Waals surface area contributed by atoms with Gasteiger partial charge < -0.3 is 10.1 Å². The van der Waals surface area contributed by atoms with Gasteiger partial charge in [-0.15, -0.1) is 0 Å². The van der Waals surface area contributed by atoms with Crippen LogP contribution >= 0.6 is 15.9 Å². The topological polar surface area (TPSA) is 114 Å². The average Bonchev–Trinajstić information content (AvgIpc) is 2.76. The molecule has 0 radical (unpaired) electrons.